The van der Waals surface area contributed by atoms with Gasteiger partial charge in [0.25, 0.3) is 0 Å². The molecule has 202 valence electrons. The molecule has 2 atom stereocenters. The average molecular weight is 531 g/mol. The van der Waals surface area contributed by atoms with Crippen molar-refractivity contribution in [3.63, 3.8) is 0 Å². The quantitative estimate of drug-likeness (QED) is 0.215. The third kappa shape index (κ3) is 13.0. The molecule has 1 aromatic rings. The number of methoxy groups -OCH3 is 1. The molecule has 0 aliphatic rings. The summed E-state index contributed by atoms with van der Waals surface area (Å²) in [6.45, 7) is 9.24. The topological polar surface area (TPSA) is 108 Å². The molecule has 8 heteroatoms. The van der Waals surface area contributed by atoms with E-state index in [0.717, 1.165) is 11.1 Å². The Morgan fingerprint density at radius 3 is 2.43 bits per heavy atom. The van der Waals surface area contributed by atoms with Crippen molar-refractivity contribution in [1.82, 2.24) is 10.6 Å². The number of hydrogen-bond donors (Lipinski definition) is 4. The average Bonchev–Trinajstić information content (AvgIpc) is 2.82. The van der Waals surface area contributed by atoms with Gasteiger partial charge in [0.05, 0.1) is 13.2 Å². The number of allylic oxidation sites excluding steroid dienone is 5. The Hall–Kier alpha value is -3.29. The van der Waals surface area contributed by atoms with E-state index in [4.69, 9.17) is 16.3 Å². The van der Waals surface area contributed by atoms with E-state index in [1.165, 1.54) is 19.4 Å². The van der Waals surface area contributed by atoms with Gasteiger partial charge in [-0.2, -0.15) is 0 Å². The van der Waals surface area contributed by atoms with Gasteiger partial charge >= 0.3 is 0 Å². The third-order valence-electron chi connectivity index (χ3n) is 5.15. The number of amides is 2. The summed E-state index contributed by atoms with van der Waals surface area (Å²) in [6.07, 6.45) is 13.5. The molecule has 37 heavy (non-hydrogen) atoms. The van der Waals surface area contributed by atoms with Crippen LogP contribution in [-0.2, 0) is 9.59 Å². The smallest absolute Gasteiger partial charge is 0.247 e. The lowest BCUT2D eigenvalue weighted by Gasteiger charge is -2.29. The van der Waals surface area contributed by atoms with Crippen molar-refractivity contribution < 1.29 is 24.5 Å². The first kappa shape index (κ1) is 31.7. The fourth-order valence-corrected chi connectivity index (χ4v) is 3.24. The Labute approximate surface area is 225 Å². The fourth-order valence-electron chi connectivity index (χ4n) is 3.16. The van der Waals surface area contributed by atoms with Crippen molar-refractivity contribution in [1.29, 1.82) is 0 Å². The summed E-state index contributed by atoms with van der Waals surface area (Å²) in [5.74, 6) is -0.283. The summed E-state index contributed by atoms with van der Waals surface area (Å²) in [5, 5.41) is 25.7. The Bertz CT molecular complexity index is 1060. The van der Waals surface area contributed by atoms with Crippen LogP contribution in [0.5, 0.6) is 11.5 Å². The molecule has 0 aromatic heterocycles. The fraction of sp³-hybridized carbons (Fsp3) is 0.379. The van der Waals surface area contributed by atoms with Crippen molar-refractivity contribution in [2.45, 2.75) is 59.6 Å². The maximum atomic E-state index is 12.7. The minimum atomic E-state index is -0.767. The Morgan fingerprint density at radius 1 is 1.14 bits per heavy atom. The van der Waals surface area contributed by atoms with E-state index < -0.39 is 23.5 Å². The van der Waals surface area contributed by atoms with Crippen LogP contribution in [0.15, 0.2) is 71.5 Å². The lowest BCUT2D eigenvalue weighted by Crippen LogP contribution is -2.52. The zero-order chi connectivity index (χ0) is 28.0. The van der Waals surface area contributed by atoms with Crippen LogP contribution in [0.1, 0.15) is 53.0 Å². The minimum Gasteiger partial charge on any atom is -0.504 e. The molecule has 2 unspecified atom stereocenters. The molecule has 7 nitrogen and oxygen atoms in total. The number of phenolic OH excluding ortho intramolecular Hbond substituents is 1. The number of aliphatic hydroxyl groups is 1. The van der Waals surface area contributed by atoms with Crippen LogP contribution in [0.2, 0.25) is 0 Å². The number of hydrogen-bond acceptors (Lipinski definition) is 5. The van der Waals surface area contributed by atoms with E-state index in [1.54, 1.807) is 49.4 Å². The molecule has 0 heterocycles. The zero-order valence-electron chi connectivity index (χ0n) is 22.4. The first-order valence-corrected chi connectivity index (χ1v) is 12.4. The van der Waals surface area contributed by atoms with Crippen LogP contribution >= 0.6 is 11.6 Å². The molecule has 0 radical (unpaired) electrons. The van der Waals surface area contributed by atoms with E-state index in [1.807, 2.05) is 39.8 Å². The second kappa shape index (κ2) is 15.7. The highest BCUT2D eigenvalue weighted by Gasteiger charge is 2.31. The van der Waals surface area contributed by atoms with Gasteiger partial charge in [-0.05, 0) is 56.0 Å². The molecule has 0 saturated carbocycles. The number of carbonyl (C=O) groups is 2. The van der Waals surface area contributed by atoms with Gasteiger partial charge in [0, 0.05) is 11.1 Å². The van der Waals surface area contributed by atoms with Gasteiger partial charge in [-0.1, -0.05) is 80.5 Å². The number of halogens is 1. The molecule has 0 spiro atoms. The van der Waals surface area contributed by atoms with Crippen LogP contribution in [0.3, 0.4) is 0 Å². The van der Waals surface area contributed by atoms with E-state index in [0.29, 0.717) is 23.6 Å². The predicted molar refractivity (Wildman–Crippen MR) is 150 cm³/mol. The number of aliphatic hydroxyl groups excluding tert-OH is 1. The van der Waals surface area contributed by atoms with Gasteiger partial charge in [0.1, 0.15) is 6.04 Å². The number of ether oxygens (including phenoxy) is 1. The summed E-state index contributed by atoms with van der Waals surface area (Å²) >= 11 is 5.76. The largest absolute Gasteiger partial charge is 0.504 e. The molecule has 0 saturated heterocycles. The highest BCUT2D eigenvalue weighted by molar-refractivity contribution is 6.29. The first-order valence-electron chi connectivity index (χ1n) is 12.0. The predicted octanol–water partition coefficient (Wildman–Crippen LogP) is 5.36. The lowest BCUT2D eigenvalue weighted by molar-refractivity contribution is -0.129. The maximum Gasteiger partial charge on any atom is 0.247 e. The molecule has 0 fully saturated rings. The third-order valence-corrected chi connectivity index (χ3v) is 5.31. The summed E-state index contributed by atoms with van der Waals surface area (Å²) < 4.78 is 5.12. The van der Waals surface area contributed by atoms with Crippen LogP contribution in [-0.4, -0.2) is 41.3 Å². The SMILES string of the molecule is COc1cc(/C=C(C)/C=C\C=C/C(=O)NC(C(=O)N/C=C\CC(O)C/C=C(\C)Cl)C(C)(C)C)ccc1O. The number of rotatable bonds is 12. The Kier molecular flexibility index (Phi) is 13.5. The molecule has 0 bridgehead atoms. The van der Waals surface area contributed by atoms with Crippen LogP contribution in [0.4, 0.5) is 0 Å². The summed E-state index contributed by atoms with van der Waals surface area (Å²) in [6, 6.07) is 4.29. The number of aromatic hydroxyl groups is 1. The zero-order valence-corrected chi connectivity index (χ0v) is 23.2. The lowest BCUT2D eigenvalue weighted by atomic mass is 9.86. The molecule has 1 rings (SSSR count). The highest BCUT2D eigenvalue weighted by atomic mass is 35.5. The van der Waals surface area contributed by atoms with E-state index in [-0.39, 0.29) is 11.7 Å². The molecular formula is C29H39ClN2O5. The molecule has 2 amide bonds. The van der Waals surface area contributed by atoms with E-state index in [2.05, 4.69) is 10.6 Å². The molecule has 1 aromatic carbocycles. The monoisotopic (exact) mass is 530 g/mol. The van der Waals surface area contributed by atoms with Crippen molar-refractivity contribution in [2.24, 2.45) is 5.41 Å². The van der Waals surface area contributed by atoms with Gasteiger partial charge in [-0.15, -0.1) is 0 Å². The summed E-state index contributed by atoms with van der Waals surface area (Å²) in [4.78, 5) is 25.2. The maximum absolute atomic E-state index is 12.7. The van der Waals surface area contributed by atoms with Gasteiger partial charge in [-0.3, -0.25) is 9.59 Å². The normalized spacial score (nSPS) is 14.8. The van der Waals surface area contributed by atoms with Gasteiger partial charge < -0.3 is 25.6 Å². The van der Waals surface area contributed by atoms with Crippen molar-refractivity contribution in [3.8, 4) is 11.5 Å². The van der Waals surface area contributed by atoms with Crippen LogP contribution < -0.4 is 15.4 Å². The summed E-state index contributed by atoms with van der Waals surface area (Å²) in [7, 11) is 1.49. The van der Waals surface area contributed by atoms with Gasteiger partial charge in [0.15, 0.2) is 11.5 Å². The van der Waals surface area contributed by atoms with E-state index >= 15 is 0 Å². The van der Waals surface area contributed by atoms with Crippen molar-refractivity contribution in [3.05, 3.63) is 77.0 Å². The number of carbonyl (C=O) groups excluding carboxylic acids is 2. The standard InChI is InChI=1S/C29H39ClN2O5/c1-20(18-22-14-16-24(34)25(19-22)37-6)10-7-8-12-26(35)32-27(29(3,4)5)28(36)31-17-9-11-23(33)15-13-21(2)30/h7-10,12-14,16-19,23,27,33-34H,11,15H2,1-6H3,(H,31,36)(H,32,35)/b10-7-,12-8-,17-9-,20-18+,21-13+. The molecular weight excluding hydrogens is 492 g/mol. The Morgan fingerprint density at radius 2 is 1.81 bits per heavy atom. The molecule has 0 aliphatic carbocycles. The number of phenols is 1. The van der Waals surface area contributed by atoms with Gasteiger partial charge in [0.2, 0.25) is 11.8 Å². The second-order valence-corrected chi connectivity index (χ2v) is 10.3. The van der Waals surface area contributed by atoms with Crippen LogP contribution in [0, 0.1) is 5.41 Å². The van der Waals surface area contributed by atoms with Crippen LogP contribution in [0.25, 0.3) is 6.08 Å². The Balaban J connectivity index is 2.69. The molecule has 4 N–H and O–H groups in total. The van der Waals surface area contributed by atoms with Gasteiger partial charge in [-0.25, -0.2) is 0 Å². The first-order chi connectivity index (χ1) is 17.3. The highest BCUT2D eigenvalue weighted by Crippen LogP contribution is 2.27. The second-order valence-electron chi connectivity index (χ2n) is 9.67. The van der Waals surface area contributed by atoms with Crippen molar-refractivity contribution in [2.75, 3.05) is 7.11 Å². The minimum absolute atomic E-state index is 0.0738. The van der Waals surface area contributed by atoms with Crippen molar-refractivity contribution >= 4 is 29.5 Å². The number of benzene rings is 1. The summed E-state index contributed by atoms with van der Waals surface area (Å²) in [5.41, 5.74) is 1.27. The van der Waals surface area contributed by atoms with E-state index in [9.17, 15) is 19.8 Å². The molecule has 0 aliphatic heterocycles. The number of nitrogens with one attached hydrogen (secondary N) is 2.